The van der Waals surface area contributed by atoms with Gasteiger partial charge in [-0.15, -0.1) is 0 Å². The van der Waals surface area contributed by atoms with Gasteiger partial charge >= 0.3 is 0 Å². The van der Waals surface area contributed by atoms with Crippen LogP contribution in [-0.4, -0.2) is 35.4 Å². The second-order valence-corrected chi connectivity index (χ2v) is 7.66. The van der Waals surface area contributed by atoms with Crippen LogP contribution >= 0.6 is 15.9 Å². The minimum atomic E-state index is -0.753. The Hall–Kier alpha value is -2.34. The summed E-state index contributed by atoms with van der Waals surface area (Å²) in [7, 11) is 1.61. The fourth-order valence-electron chi connectivity index (χ4n) is 3.40. The second kappa shape index (κ2) is 8.13. The van der Waals surface area contributed by atoms with Crippen molar-refractivity contribution < 1.29 is 19.4 Å². The maximum absolute atomic E-state index is 13.0. The van der Waals surface area contributed by atoms with E-state index in [2.05, 4.69) is 15.9 Å². The number of hydrogen-bond donors (Lipinski definition) is 1. The monoisotopic (exact) mass is 431 g/mol. The number of carbonyl (C=O) groups is 2. The normalized spacial score (nSPS) is 17.1. The molecule has 2 aromatic carbocycles. The lowest BCUT2D eigenvalue weighted by Crippen LogP contribution is -2.43. The molecule has 1 aliphatic heterocycles. The minimum absolute atomic E-state index is 0.106. The standard InChI is InChI=1S/C21H22BrNO4/c1-13-10-17(20(25)18(22)11-13)19(24)16-4-3-9-23(21(16)26)12-14-5-7-15(27-2)8-6-14/h5-8,10-11,16,25H,3-4,9,12H2,1-2H3. The summed E-state index contributed by atoms with van der Waals surface area (Å²) in [4.78, 5) is 27.6. The fourth-order valence-corrected chi connectivity index (χ4v) is 3.98. The molecular formula is C21H22BrNO4. The highest BCUT2D eigenvalue weighted by molar-refractivity contribution is 9.10. The molecule has 1 atom stereocenters. The van der Waals surface area contributed by atoms with Crippen molar-refractivity contribution in [2.75, 3.05) is 13.7 Å². The number of Topliss-reactive ketones (excluding diaryl/α,β-unsaturated/α-hetero) is 1. The maximum Gasteiger partial charge on any atom is 0.233 e. The van der Waals surface area contributed by atoms with E-state index >= 15 is 0 Å². The van der Waals surface area contributed by atoms with E-state index in [0.29, 0.717) is 24.0 Å². The number of carbonyl (C=O) groups excluding carboxylic acids is 2. The van der Waals surface area contributed by atoms with Crippen molar-refractivity contribution in [1.82, 2.24) is 4.90 Å². The zero-order valence-electron chi connectivity index (χ0n) is 15.4. The highest BCUT2D eigenvalue weighted by Crippen LogP contribution is 2.33. The number of ketones is 1. The van der Waals surface area contributed by atoms with E-state index in [1.54, 1.807) is 24.1 Å². The molecule has 1 unspecified atom stereocenters. The van der Waals surface area contributed by atoms with Crippen molar-refractivity contribution >= 4 is 27.6 Å². The molecule has 0 radical (unpaired) electrons. The molecule has 1 heterocycles. The first-order valence-corrected chi connectivity index (χ1v) is 9.65. The number of ether oxygens (including phenoxy) is 1. The van der Waals surface area contributed by atoms with Gasteiger partial charge in [-0.1, -0.05) is 12.1 Å². The molecule has 6 heteroatoms. The Morgan fingerprint density at radius 2 is 2.00 bits per heavy atom. The molecule has 1 fully saturated rings. The van der Waals surface area contributed by atoms with Crippen molar-refractivity contribution in [3.05, 3.63) is 57.6 Å². The molecule has 2 aromatic rings. The van der Waals surface area contributed by atoms with Crippen LogP contribution < -0.4 is 4.74 Å². The molecule has 0 spiro atoms. The first-order chi connectivity index (χ1) is 12.9. The van der Waals surface area contributed by atoms with Crippen LogP contribution in [-0.2, 0) is 11.3 Å². The van der Waals surface area contributed by atoms with E-state index in [9.17, 15) is 14.7 Å². The Kier molecular flexibility index (Phi) is 5.85. The van der Waals surface area contributed by atoms with Crippen LogP contribution in [0.4, 0.5) is 0 Å². The number of aryl methyl sites for hydroxylation is 1. The summed E-state index contributed by atoms with van der Waals surface area (Å²) in [5.41, 5.74) is 2.03. The number of phenols is 1. The number of piperidine rings is 1. The zero-order valence-corrected chi connectivity index (χ0v) is 17.0. The SMILES string of the molecule is COc1ccc(CN2CCCC(C(=O)c3cc(C)cc(Br)c3O)C2=O)cc1. The number of likely N-dealkylation sites (tertiary alicyclic amines) is 1. The molecule has 1 saturated heterocycles. The van der Waals surface area contributed by atoms with Gasteiger partial charge in [0.25, 0.3) is 0 Å². The van der Waals surface area contributed by atoms with Gasteiger partial charge in [-0.05, 0) is 71.1 Å². The summed E-state index contributed by atoms with van der Waals surface area (Å²) in [5, 5.41) is 10.3. The quantitative estimate of drug-likeness (QED) is 0.571. The number of phenolic OH excluding ortho intramolecular Hbond substituents is 1. The third-order valence-corrected chi connectivity index (χ3v) is 5.46. The predicted octanol–water partition coefficient (Wildman–Crippen LogP) is 4.09. The third-order valence-electron chi connectivity index (χ3n) is 4.85. The Bertz CT molecular complexity index is 863. The molecule has 0 saturated carbocycles. The summed E-state index contributed by atoms with van der Waals surface area (Å²) < 4.78 is 5.62. The van der Waals surface area contributed by atoms with Crippen LogP contribution in [0.5, 0.6) is 11.5 Å². The van der Waals surface area contributed by atoms with Crippen LogP contribution in [0.1, 0.15) is 34.3 Å². The summed E-state index contributed by atoms with van der Waals surface area (Å²) >= 11 is 3.26. The Morgan fingerprint density at radius 1 is 1.30 bits per heavy atom. The van der Waals surface area contributed by atoms with E-state index in [0.717, 1.165) is 23.3 Å². The largest absolute Gasteiger partial charge is 0.506 e. The lowest BCUT2D eigenvalue weighted by Gasteiger charge is -2.32. The van der Waals surface area contributed by atoms with Gasteiger partial charge in [-0.2, -0.15) is 0 Å². The summed E-state index contributed by atoms with van der Waals surface area (Å²) in [6.07, 6.45) is 1.26. The highest BCUT2D eigenvalue weighted by Gasteiger charge is 2.35. The van der Waals surface area contributed by atoms with Crippen LogP contribution in [0.15, 0.2) is 40.9 Å². The van der Waals surface area contributed by atoms with Crippen LogP contribution in [0.3, 0.4) is 0 Å². The Morgan fingerprint density at radius 3 is 2.67 bits per heavy atom. The average molecular weight is 432 g/mol. The van der Waals surface area contributed by atoms with Crippen molar-refractivity contribution in [3.63, 3.8) is 0 Å². The van der Waals surface area contributed by atoms with Gasteiger partial charge in [0.2, 0.25) is 5.91 Å². The summed E-state index contributed by atoms with van der Waals surface area (Å²) in [6.45, 7) is 2.92. The smallest absolute Gasteiger partial charge is 0.233 e. The molecule has 27 heavy (non-hydrogen) atoms. The molecule has 1 aliphatic rings. The van der Waals surface area contributed by atoms with E-state index in [1.165, 1.54) is 0 Å². The van der Waals surface area contributed by atoms with Gasteiger partial charge in [0.1, 0.15) is 17.4 Å². The Labute approximate surface area is 167 Å². The van der Waals surface area contributed by atoms with Gasteiger partial charge in [-0.3, -0.25) is 9.59 Å². The highest BCUT2D eigenvalue weighted by atomic mass is 79.9. The van der Waals surface area contributed by atoms with Crippen molar-refractivity contribution in [1.29, 1.82) is 0 Å². The van der Waals surface area contributed by atoms with Crippen LogP contribution in [0, 0.1) is 12.8 Å². The molecule has 1 amide bonds. The number of amides is 1. The Balaban J connectivity index is 1.79. The van der Waals surface area contributed by atoms with Gasteiger partial charge in [0, 0.05) is 13.1 Å². The van der Waals surface area contributed by atoms with Gasteiger partial charge in [0.15, 0.2) is 5.78 Å². The number of halogens is 1. The molecule has 3 rings (SSSR count). The van der Waals surface area contributed by atoms with Crippen LogP contribution in [0.25, 0.3) is 0 Å². The molecule has 1 N–H and O–H groups in total. The van der Waals surface area contributed by atoms with Crippen LogP contribution in [0.2, 0.25) is 0 Å². The molecule has 5 nitrogen and oxygen atoms in total. The number of nitrogens with zero attached hydrogens (tertiary/aromatic N) is 1. The van der Waals surface area contributed by atoms with Gasteiger partial charge in [-0.25, -0.2) is 0 Å². The topological polar surface area (TPSA) is 66.8 Å². The fraction of sp³-hybridized carbons (Fsp3) is 0.333. The average Bonchev–Trinajstić information content (AvgIpc) is 2.66. The zero-order chi connectivity index (χ0) is 19.6. The van der Waals surface area contributed by atoms with E-state index in [4.69, 9.17) is 4.74 Å². The van der Waals surface area contributed by atoms with Crippen molar-refractivity contribution in [3.8, 4) is 11.5 Å². The number of hydrogen-bond acceptors (Lipinski definition) is 4. The predicted molar refractivity (Wildman–Crippen MR) is 106 cm³/mol. The summed E-state index contributed by atoms with van der Waals surface area (Å²) in [5.74, 6) is -0.597. The molecule has 0 bridgehead atoms. The molecular weight excluding hydrogens is 410 g/mol. The number of aromatic hydroxyl groups is 1. The molecule has 0 aliphatic carbocycles. The lowest BCUT2D eigenvalue weighted by atomic mass is 9.88. The van der Waals surface area contributed by atoms with E-state index in [1.807, 2.05) is 31.2 Å². The first-order valence-electron chi connectivity index (χ1n) is 8.85. The van der Waals surface area contributed by atoms with E-state index < -0.39 is 5.92 Å². The number of rotatable bonds is 5. The molecule has 0 aromatic heterocycles. The van der Waals surface area contributed by atoms with Crippen molar-refractivity contribution in [2.45, 2.75) is 26.3 Å². The summed E-state index contributed by atoms with van der Waals surface area (Å²) in [6, 6.07) is 10.9. The van der Waals surface area contributed by atoms with E-state index in [-0.39, 0.29) is 23.0 Å². The number of benzene rings is 2. The van der Waals surface area contributed by atoms with Gasteiger partial charge < -0.3 is 14.7 Å². The minimum Gasteiger partial charge on any atom is -0.506 e. The second-order valence-electron chi connectivity index (χ2n) is 6.81. The third kappa shape index (κ3) is 4.16. The number of methoxy groups -OCH3 is 1. The first kappa shape index (κ1) is 19.4. The van der Waals surface area contributed by atoms with Crippen molar-refractivity contribution in [2.24, 2.45) is 5.92 Å². The lowest BCUT2D eigenvalue weighted by molar-refractivity contribution is -0.137. The maximum atomic E-state index is 13.0. The molecule has 142 valence electrons. The van der Waals surface area contributed by atoms with Gasteiger partial charge in [0.05, 0.1) is 17.1 Å².